The minimum Gasteiger partial charge on any atom is -0.495 e. The molecule has 0 saturated carbocycles. The molecule has 0 spiro atoms. The first-order valence-corrected chi connectivity index (χ1v) is 12.0. The number of hydrogen-bond donors (Lipinski definition) is 1. The van der Waals surface area contributed by atoms with Gasteiger partial charge in [0.1, 0.15) is 23.9 Å². The number of hydrogen-bond acceptors (Lipinski definition) is 7. The number of nitrogens with zero attached hydrogens (tertiary/aromatic N) is 4. The van der Waals surface area contributed by atoms with Gasteiger partial charge in [0.2, 0.25) is 11.8 Å². The predicted octanol–water partition coefficient (Wildman–Crippen LogP) is 3.35. The molecule has 0 bridgehead atoms. The normalized spacial score (nSPS) is 11.9. The Balaban J connectivity index is 1.80. The standard InChI is InChI=1S/C25H27N5O4S/c1-17-10-11-21(34-3)20(15-17)30(23(31)16-29-19-8-5-4-7-18(19)27-28-29)24(22-9-6-14-35-22)25(32)26-12-13-33-2/h4-11,14-15,24H,12-13,16H2,1-3H3,(H,26,32)/t24-/m1/s1. The first kappa shape index (κ1) is 24.4. The molecule has 0 aliphatic heterocycles. The van der Waals surface area contributed by atoms with Gasteiger partial charge in [-0.1, -0.05) is 29.5 Å². The molecule has 0 aliphatic carbocycles. The van der Waals surface area contributed by atoms with Crippen molar-refractivity contribution in [3.63, 3.8) is 0 Å². The largest absolute Gasteiger partial charge is 0.495 e. The lowest BCUT2D eigenvalue weighted by Crippen LogP contribution is -2.45. The zero-order chi connectivity index (χ0) is 24.8. The number of carbonyl (C=O) groups excluding carboxylic acids is 2. The van der Waals surface area contributed by atoms with Gasteiger partial charge in [-0.05, 0) is 48.2 Å². The molecule has 2 aromatic carbocycles. The summed E-state index contributed by atoms with van der Waals surface area (Å²) >= 11 is 1.41. The summed E-state index contributed by atoms with van der Waals surface area (Å²) in [7, 11) is 3.11. The number of rotatable bonds is 10. The smallest absolute Gasteiger partial charge is 0.249 e. The monoisotopic (exact) mass is 493 g/mol. The molecule has 1 N–H and O–H groups in total. The molecule has 0 saturated heterocycles. The van der Waals surface area contributed by atoms with Crippen LogP contribution in [-0.4, -0.2) is 54.2 Å². The molecule has 0 fully saturated rings. The maximum absolute atomic E-state index is 14.0. The van der Waals surface area contributed by atoms with E-state index in [0.29, 0.717) is 30.1 Å². The number of anilines is 1. The Kier molecular flexibility index (Phi) is 7.74. The third-order valence-corrected chi connectivity index (χ3v) is 6.42. The average Bonchev–Trinajstić information content (AvgIpc) is 3.53. The summed E-state index contributed by atoms with van der Waals surface area (Å²) in [5.74, 6) is -0.159. The number of carbonyl (C=O) groups is 2. The number of methoxy groups -OCH3 is 2. The lowest BCUT2D eigenvalue weighted by molar-refractivity contribution is -0.127. The minimum atomic E-state index is -0.912. The van der Waals surface area contributed by atoms with Crippen molar-refractivity contribution in [1.82, 2.24) is 20.3 Å². The van der Waals surface area contributed by atoms with Crippen LogP contribution in [0.4, 0.5) is 5.69 Å². The third kappa shape index (κ3) is 5.33. The van der Waals surface area contributed by atoms with E-state index in [1.54, 1.807) is 25.0 Å². The molecular weight excluding hydrogens is 466 g/mol. The Bertz CT molecular complexity index is 1300. The fourth-order valence-corrected chi connectivity index (χ4v) is 4.65. The molecule has 4 aromatic rings. The van der Waals surface area contributed by atoms with E-state index >= 15 is 0 Å². The van der Waals surface area contributed by atoms with E-state index in [1.807, 2.05) is 60.8 Å². The maximum atomic E-state index is 14.0. The van der Waals surface area contributed by atoms with E-state index < -0.39 is 6.04 Å². The number of ether oxygens (including phenoxy) is 2. The van der Waals surface area contributed by atoms with Crippen molar-refractivity contribution >= 4 is 39.9 Å². The van der Waals surface area contributed by atoms with Gasteiger partial charge in [0, 0.05) is 18.5 Å². The minimum absolute atomic E-state index is 0.106. The number of para-hydroxylation sites is 1. The molecule has 2 heterocycles. The maximum Gasteiger partial charge on any atom is 0.249 e. The molecule has 182 valence electrons. The van der Waals surface area contributed by atoms with Crippen molar-refractivity contribution in [3.8, 4) is 5.75 Å². The Morgan fingerprint density at radius 2 is 1.97 bits per heavy atom. The van der Waals surface area contributed by atoms with Gasteiger partial charge in [-0.2, -0.15) is 0 Å². The van der Waals surface area contributed by atoms with Crippen LogP contribution in [0, 0.1) is 6.92 Å². The van der Waals surface area contributed by atoms with Crippen molar-refractivity contribution in [2.45, 2.75) is 19.5 Å². The van der Waals surface area contributed by atoms with Gasteiger partial charge in [0.05, 0.1) is 24.9 Å². The second-order valence-corrected chi connectivity index (χ2v) is 8.86. The first-order valence-electron chi connectivity index (χ1n) is 11.1. The van der Waals surface area contributed by atoms with Gasteiger partial charge in [0.25, 0.3) is 0 Å². The predicted molar refractivity (Wildman–Crippen MR) is 135 cm³/mol. The van der Waals surface area contributed by atoms with Crippen LogP contribution in [0.5, 0.6) is 5.75 Å². The number of aromatic nitrogens is 3. The Labute approximate surface area is 207 Å². The van der Waals surface area contributed by atoms with Crippen LogP contribution >= 0.6 is 11.3 Å². The van der Waals surface area contributed by atoms with Gasteiger partial charge in [-0.25, -0.2) is 4.68 Å². The number of benzene rings is 2. The first-order chi connectivity index (χ1) is 17.0. The topological polar surface area (TPSA) is 98.6 Å². The van der Waals surface area contributed by atoms with Gasteiger partial charge in [-0.3, -0.25) is 14.5 Å². The molecular formula is C25H27N5O4S. The van der Waals surface area contributed by atoms with Crippen LogP contribution in [0.3, 0.4) is 0 Å². The molecule has 2 aromatic heterocycles. The van der Waals surface area contributed by atoms with Crippen molar-refractivity contribution in [2.24, 2.45) is 0 Å². The van der Waals surface area contributed by atoms with Crippen LogP contribution in [0.25, 0.3) is 11.0 Å². The zero-order valence-corrected chi connectivity index (χ0v) is 20.6. The molecule has 10 heteroatoms. The van der Waals surface area contributed by atoms with E-state index in [0.717, 1.165) is 16.0 Å². The van der Waals surface area contributed by atoms with E-state index in [4.69, 9.17) is 9.47 Å². The zero-order valence-electron chi connectivity index (χ0n) is 19.8. The molecule has 4 rings (SSSR count). The summed E-state index contributed by atoms with van der Waals surface area (Å²) in [5, 5.41) is 13.1. The lowest BCUT2D eigenvalue weighted by Gasteiger charge is -2.32. The fraction of sp³-hybridized carbons (Fsp3) is 0.280. The van der Waals surface area contributed by atoms with E-state index in [9.17, 15) is 9.59 Å². The summed E-state index contributed by atoms with van der Waals surface area (Å²) in [5.41, 5.74) is 2.85. The van der Waals surface area contributed by atoms with Crippen molar-refractivity contribution in [2.75, 3.05) is 32.3 Å². The summed E-state index contributed by atoms with van der Waals surface area (Å²) in [6.07, 6.45) is 0. The highest BCUT2D eigenvalue weighted by atomic mass is 32.1. The molecule has 1 atom stereocenters. The SMILES string of the molecule is COCCNC(=O)[C@@H](c1cccs1)N(C(=O)Cn1nnc2ccccc21)c1cc(C)ccc1OC. The van der Waals surface area contributed by atoms with Crippen LogP contribution in [0.1, 0.15) is 16.5 Å². The number of amides is 2. The molecule has 0 radical (unpaired) electrons. The summed E-state index contributed by atoms with van der Waals surface area (Å²) in [6, 6.07) is 15.8. The van der Waals surface area contributed by atoms with E-state index in [2.05, 4.69) is 15.6 Å². The average molecular weight is 494 g/mol. The Morgan fingerprint density at radius 3 is 2.71 bits per heavy atom. The highest BCUT2D eigenvalue weighted by molar-refractivity contribution is 7.10. The van der Waals surface area contributed by atoms with Crippen molar-refractivity contribution in [1.29, 1.82) is 0 Å². The summed E-state index contributed by atoms with van der Waals surface area (Å²) in [4.78, 5) is 29.7. The lowest BCUT2D eigenvalue weighted by atomic mass is 10.1. The summed E-state index contributed by atoms with van der Waals surface area (Å²) < 4.78 is 12.2. The number of nitrogens with one attached hydrogen (secondary N) is 1. The Morgan fingerprint density at radius 1 is 1.14 bits per heavy atom. The van der Waals surface area contributed by atoms with E-state index in [-0.39, 0.29) is 18.4 Å². The van der Waals surface area contributed by atoms with Crippen LogP contribution in [-0.2, 0) is 20.9 Å². The van der Waals surface area contributed by atoms with E-state index in [1.165, 1.54) is 16.2 Å². The highest BCUT2D eigenvalue weighted by Crippen LogP contribution is 2.37. The van der Waals surface area contributed by atoms with Crippen LogP contribution < -0.4 is 15.0 Å². The fourth-order valence-electron chi connectivity index (χ4n) is 3.84. The van der Waals surface area contributed by atoms with Crippen molar-refractivity contribution in [3.05, 3.63) is 70.4 Å². The highest BCUT2D eigenvalue weighted by Gasteiger charge is 2.35. The number of aryl methyl sites for hydroxylation is 1. The molecule has 35 heavy (non-hydrogen) atoms. The van der Waals surface area contributed by atoms with Gasteiger partial charge in [0.15, 0.2) is 0 Å². The quantitative estimate of drug-likeness (QED) is 0.340. The van der Waals surface area contributed by atoms with Crippen LogP contribution in [0.15, 0.2) is 60.0 Å². The van der Waals surface area contributed by atoms with Gasteiger partial charge < -0.3 is 14.8 Å². The second kappa shape index (κ2) is 11.1. The molecule has 0 aliphatic rings. The summed E-state index contributed by atoms with van der Waals surface area (Å²) in [6.45, 7) is 2.49. The second-order valence-electron chi connectivity index (χ2n) is 7.88. The number of thiophene rings is 1. The molecule has 9 nitrogen and oxygen atoms in total. The van der Waals surface area contributed by atoms with Gasteiger partial charge in [-0.15, -0.1) is 16.4 Å². The van der Waals surface area contributed by atoms with Crippen molar-refractivity contribution < 1.29 is 19.1 Å². The molecule has 2 amide bonds. The third-order valence-electron chi connectivity index (χ3n) is 5.49. The Hall–Kier alpha value is -3.76. The van der Waals surface area contributed by atoms with Crippen LogP contribution in [0.2, 0.25) is 0 Å². The molecule has 0 unspecified atom stereocenters. The van der Waals surface area contributed by atoms with Gasteiger partial charge >= 0.3 is 0 Å². The number of fused-ring (bicyclic) bond motifs is 1.